The summed E-state index contributed by atoms with van der Waals surface area (Å²) in [7, 11) is 0. The minimum Gasteiger partial charge on any atom is -0.346 e. The normalized spacial score (nSPS) is 10.7. The van der Waals surface area contributed by atoms with Gasteiger partial charge in [-0.3, -0.25) is 0 Å². The Morgan fingerprint density at radius 1 is 0.704 bits per heavy atom. The average molecular weight is 448 g/mol. The van der Waals surface area contributed by atoms with Gasteiger partial charge < -0.3 is 18.8 Å². The summed E-state index contributed by atoms with van der Waals surface area (Å²) in [6, 6.07) is 9.14. The molecule has 0 atom stereocenters. The van der Waals surface area contributed by atoms with Gasteiger partial charge in [-0.1, -0.05) is 96.2 Å². The van der Waals surface area contributed by atoms with Crippen molar-refractivity contribution in [1.82, 2.24) is 0 Å². The summed E-state index contributed by atoms with van der Waals surface area (Å²) in [6.07, 6.45) is 4.08. The molecular weight excluding hydrogens is 402 g/mol. The molecule has 0 bridgehead atoms. The third-order valence-electron chi connectivity index (χ3n) is 5.54. The van der Waals surface area contributed by atoms with Crippen LogP contribution in [0.4, 0.5) is 0 Å². The van der Waals surface area contributed by atoms with Crippen molar-refractivity contribution in [2.45, 2.75) is 106 Å². The van der Waals surface area contributed by atoms with Crippen molar-refractivity contribution in [1.29, 1.82) is 0 Å². The Bertz CT molecular complexity index is 387. The van der Waals surface area contributed by atoms with E-state index in [9.17, 15) is 0 Å². The van der Waals surface area contributed by atoms with Gasteiger partial charge in [0.25, 0.3) is 0 Å². The van der Waals surface area contributed by atoms with Crippen molar-refractivity contribution >= 4 is 0 Å². The predicted molar refractivity (Wildman–Crippen MR) is 118 cm³/mol. The number of rotatable bonds is 6. The molecule has 0 fully saturated rings. The topological polar surface area (TPSA) is 0 Å². The first-order valence-corrected chi connectivity index (χ1v) is 9.94. The van der Waals surface area contributed by atoms with Crippen molar-refractivity contribution < 1.29 is 37.1 Å². The molecule has 0 amide bonds. The zero-order chi connectivity index (χ0) is 20.3. The van der Waals surface area contributed by atoms with Gasteiger partial charge in [0, 0.05) is 18.6 Å². The van der Waals surface area contributed by atoms with Gasteiger partial charge in [-0.05, 0) is 0 Å². The first-order valence-electron chi connectivity index (χ1n) is 9.94. The second-order valence-electron chi connectivity index (χ2n) is 8.18. The summed E-state index contributed by atoms with van der Waals surface area (Å²) in [5, 5.41) is 0. The van der Waals surface area contributed by atoms with Crippen LogP contribution < -0.4 is 0 Å². The fourth-order valence-corrected chi connectivity index (χ4v) is 2.23. The van der Waals surface area contributed by atoms with Crippen LogP contribution in [0, 0.1) is 18.8 Å². The van der Waals surface area contributed by atoms with Gasteiger partial charge >= 0.3 is 18.6 Å². The average Bonchev–Trinajstić information content (AvgIpc) is 2.57. The summed E-state index contributed by atoms with van der Waals surface area (Å²) >= 11 is 0. The molecule has 0 nitrogen and oxygen atoms in total. The van der Waals surface area contributed by atoms with Crippen LogP contribution >= 0.6 is 0 Å². The van der Waals surface area contributed by atoms with Crippen LogP contribution in [0.1, 0.15) is 107 Å². The maximum absolute atomic E-state index is 3.25. The molecule has 0 aromatic heterocycles. The first-order chi connectivity index (χ1) is 11.5. The number of hydrogen-bond acceptors (Lipinski definition) is 0. The monoisotopic (exact) mass is 447 g/mol. The molecule has 0 aliphatic rings. The Morgan fingerprint density at radius 2 is 0.926 bits per heavy atom. The van der Waals surface area contributed by atoms with E-state index in [0.717, 1.165) is 0 Å². The van der Waals surface area contributed by atoms with Crippen LogP contribution in [-0.4, -0.2) is 0 Å². The second kappa shape index (κ2) is 17.3. The molecule has 156 valence electrons. The smallest absolute Gasteiger partial charge is 0.346 e. The molecule has 0 N–H and O–H groups in total. The molecule has 0 aliphatic heterocycles. The quantitative estimate of drug-likeness (QED) is 0.384. The van der Waals surface area contributed by atoms with Crippen molar-refractivity contribution in [3.05, 3.63) is 54.2 Å². The van der Waals surface area contributed by atoms with Crippen molar-refractivity contribution in [2.24, 2.45) is 0 Å². The Morgan fingerprint density at radius 3 is 1.04 bits per heavy atom. The van der Waals surface area contributed by atoms with E-state index in [1.54, 1.807) is 6.92 Å². The zero-order valence-corrected chi connectivity index (χ0v) is 22.8. The summed E-state index contributed by atoms with van der Waals surface area (Å²) in [5.74, 6) is 2.90. The van der Waals surface area contributed by atoms with Gasteiger partial charge in [0.2, 0.25) is 0 Å². The van der Waals surface area contributed by atoms with Gasteiger partial charge in [-0.15, -0.1) is 10.8 Å². The molecule has 0 saturated heterocycles. The van der Waals surface area contributed by atoms with E-state index >= 15 is 0 Å². The van der Waals surface area contributed by atoms with Crippen molar-refractivity contribution in [3.63, 3.8) is 0 Å². The summed E-state index contributed by atoms with van der Waals surface area (Å²) in [5.41, 5.74) is 3.12. The molecule has 0 heterocycles. The standard InChI is InChI=1S/C18H28.C5H12.C2H5.2V/c1-13(2)17(5,6)15-9-11-16(12-10-15)18(7,8)14(3)4;1-3-5-4-2;1-2;;/h9-12H,1-8H3;3-5H2,1-2H3;1H2,2H3;;/q-2;;-1;;+2. The molecule has 1 aromatic carbocycles. The molecule has 0 spiro atoms. The molecule has 2 radical (unpaired) electrons. The maximum atomic E-state index is 3.25. The molecule has 27 heavy (non-hydrogen) atoms. The number of hydrogen-bond donors (Lipinski definition) is 0. The molecule has 1 aromatic rings. The van der Waals surface area contributed by atoms with Crippen LogP contribution in [0.15, 0.2) is 24.3 Å². The van der Waals surface area contributed by atoms with E-state index in [0.29, 0.717) is 0 Å². The molecule has 1 rings (SSSR count). The Labute approximate surface area is 196 Å². The number of benzene rings is 1. The molecule has 0 saturated carbocycles. The van der Waals surface area contributed by atoms with E-state index in [1.807, 2.05) is 0 Å². The van der Waals surface area contributed by atoms with Gasteiger partial charge in [-0.2, -0.15) is 34.6 Å². The zero-order valence-electron chi connectivity index (χ0n) is 20.0. The summed E-state index contributed by atoms with van der Waals surface area (Å²) < 4.78 is 0. The molecule has 2 heteroatoms. The molecule has 0 unspecified atom stereocenters. The van der Waals surface area contributed by atoms with E-state index in [1.165, 1.54) is 42.2 Å². The Kier molecular flexibility index (Phi) is 22.3. The van der Waals surface area contributed by atoms with E-state index in [-0.39, 0.29) is 47.9 Å². The van der Waals surface area contributed by atoms with Gasteiger partial charge in [0.15, 0.2) is 0 Å². The van der Waals surface area contributed by atoms with Crippen molar-refractivity contribution in [3.8, 4) is 0 Å². The van der Waals surface area contributed by atoms with Crippen LogP contribution in [0.25, 0.3) is 0 Å². The fourth-order valence-electron chi connectivity index (χ4n) is 2.23. The summed E-state index contributed by atoms with van der Waals surface area (Å²) in [4.78, 5) is 0. The summed E-state index contributed by atoms with van der Waals surface area (Å²) in [6.45, 7) is 27.4. The van der Waals surface area contributed by atoms with Gasteiger partial charge in [0.1, 0.15) is 0 Å². The Balaban J connectivity index is -0.000000256. The van der Waals surface area contributed by atoms with Crippen molar-refractivity contribution in [2.75, 3.05) is 0 Å². The predicted octanol–water partition coefficient (Wildman–Crippen LogP) is 8.50. The third kappa shape index (κ3) is 11.9. The van der Waals surface area contributed by atoms with Crippen LogP contribution in [-0.2, 0) is 47.9 Å². The SMILES string of the molecule is CCCCC.C[C-](C)C(C)(C)c1ccc(C(C)(C)[C-](C)C)cc1.[CH2-]C.[V+2].[V]. The number of unbranched alkanes of at least 4 members (excludes halogenated alkanes) is 2. The van der Waals surface area contributed by atoms with Gasteiger partial charge in [0.05, 0.1) is 0 Å². The van der Waals surface area contributed by atoms with E-state index < -0.39 is 0 Å². The largest absolute Gasteiger partial charge is 2.00 e. The van der Waals surface area contributed by atoms with Crippen LogP contribution in [0.3, 0.4) is 0 Å². The van der Waals surface area contributed by atoms with Gasteiger partial charge in [-0.25, -0.2) is 0 Å². The van der Waals surface area contributed by atoms with E-state index in [4.69, 9.17) is 0 Å². The minimum atomic E-state index is 0. The fraction of sp³-hybridized carbons (Fsp3) is 0.640. The van der Waals surface area contributed by atoms with Crippen LogP contribution in [0.5, 0.6) is 0 Å². The maximum Gasteiger partial charge on any atom is 2.00 e. The molecule has 0 aliphatic carbocycles. The van der Waals surface area contributed by atoms with E-state index in [2.05, 4.69) is 100 Å². The first kappa shape index (κ1) is 34.9. The Hall–Kier alpha value is 0.389. The third-order valence-corrected chi connectivity index (χ3v) is 5.54. The second-order valence-corrected chi connectivity index (χ2v) is 8.18. The van der Waals surface area contributed by atoms with Crippen LogP contribution in [0.2, 0.25) is 0 Å². The molecular formula is C25H45V2-. The minimum absolute atomic E-state index is 0.